The van der Waals surface area contributed by atoms with Gasteiger partial charge in [0.25, 0.3) is 0 Å². The van der Waals surface area contributed by atoms with Crippen LogP contribution in [0.5, 0.6) is 0 Å². The Bertz CT molecular complexity index is 127. The lowest BCUT2D eigenvalue weighted by Crippen LogP contribution is -2.19. The van der Waals surface area contributed by atoms with Crippen molar-refractivity contribution in [3.63, 3.8) is 0 Å². The van der Waals surface area contributed by atoms with E-state index in [2.05, 4.69) is 18.5 Å². The molecule has 0 amide bonds. The quantitative estimate of drug-likeness (QED) is 0.430. The van der Waals surface area contributed by atoms with Crippen LogP contribution in [0.2, 0.25) is 0 Å². The molecule has 0 fully saturated rings. The average molecular weight is 140 g/mol. The van der Waals surface area contributed by atoms with E-state index in [1.165, 1.54) is 0 Å². The van der Waals surface area contributed by atoms with E-state index in [1.807, 2.05) is 18.2 Å². The first kappa shape index (κ1) is 9.21. The van der Waals surface area contributed by atoms with Gasteiger partial charge in [0.15, 0.2) is 0 Å². The first-order valence-electron chi connectivity index (χ1n) is 3.56. The second-order valence-electron chi connectivity index (χ2n) is 2.30. The molecule has 0 unspecified atom stereocenters. The zero-order chi connectivity index (χ0) is 7.98. The standard InChI is InChI=1S/C8H16N2/c1-5-6-10(7-9-4)8(2)3/h7H,2,5-6H2,1,3-4H3. The molecule has 0 radical (unpaired) electrons. The van der Waals surface area contributed by atoms with Crippen molar-refractivity contribution in [1.82, 2.24) is 4.90 Å². The molecule has 58 valence electrons. The number of nitrogens with zero attached hydrogens (tertiary/aromatic N) is 2. The van der Waals surface area contributed by atoms with E-state index in [4.69, 9.17) is 0 Å². The first-order valence-corrected chi connectivity index (χ1v) is 3.56. The fourth-order valence-corrected chi connectivity index (χ4v) is 0.727. The van der Waals surface area contributed by atoms with E-state index in [0.29, 0.717) is 0 Å². The summed E-state index contributed by atoms with van der Waals surface area (Å²) >= 11 is 0. The summed E-state index contributed by atoms with van der Waals surface area (Å²) in [4.78, 5) is 5.96. The predicted octanol–water partition coefficient (Wildman–Crippen LogP) is 1.89. The first-order chi connectivity index (χ1) is 4.72. The molecule has 0 spiro atoms. The minimum Gasteiger partial charge on any atom is -0.337 e. The highest BCUT2D eigenvalue weighted by Crippen LogP contribution is 1.97. The molecule has 2 nitrogen and oxygen atoms in total. The zero-order valence-electron chi connectivity index (χ0n) is 7.09. The van der Waals surface area contributed by atoms with Crippen LogP contribution in [0.15, 0.2) is 17.3 Å². The summed E-state index contributed by atoms with van der Waals surface area (Å²) in [6.07, 6.45) is 2.94. The Morgan fingerprint density at radius 3 is 2.60 bits per heavy atom. The fraction of sp³-hybridized carbons (Fsp3) is 0.625. The largest absolute Gasteiger partial charge is 0.337 e. The molecule has 0 aliphatic heterocycles. The summed E-state index contributed by atoms with van der Waals surface area (Å²) in [6, 6.07) is 0. The molecule has 0 saturated heterocycles. The van der Waals surface area contributed by atoms with Crippen molar-refractivity contribution in [2.45, 2.75) is 20.3 Å². The summed E-state index contributed by atoms with van der Waals surface area (Å²) in [6.45, 7) is 8.96. The van der Waals surface area contributed by atoms with Crippen LogP contribution in [0, 0.1) is 0 Å². The molecule has 0 aromatic heterocycles. The lowest BCUT2D eigenvalue weighted by molar-refractivity contribution is 0.523. The average Bonchev–Trinajstić information content (AvgIpc) is 1.87. The highest BCUT2D eigenvalue weighted by molar-refractivity contribution is 5.57. The lowest BCUT2D eigenvalue weighted by atomic mass is 10.4. The van der Waals surface area contributed by atoms with Gasteiger partial charge in [-0.2, -0.15) is 0 Å². The van der Waals surface area contributed by atoms with Crippen molar-refractivity contribution in [2.24, 2.45) is 4.99 Å². The number of allylic oxidation sites excluding steroid dienone is 1. The molecular weight excluding hydrogens is 124 g/mol. The highest BCUT2D eigenvalue weighted by Gasteiger charge is 1.95. The molecule has 0 saturated carbocycles. The number of rotatable bonds is 4. The Morgan fingerprint density at radius 1 is 1.70 bits per heavy atom. The molecule has 10 heavy (non-hydrogen) atoms. The molecule has 0 aliphatic carbocycles. The van der Waals surface area contributed by atoms with Gasteiger partial charge in [0.2, 0.25) is 0 Å². The van der Waals surface area contributed by atoms with Crippen LogP contribution in [-0.2, 0) is 0 Å². The Morgan fingerprint density at radius 2 is 2.30 bits per heavy atom. The molecule has 0 heterocycles. The topological polar surface area (TPSA) is 15.6 Å². The zero-order valence-corrected chi connectivity index (χ0v) is 7.09. The SMILES string of the molecule is C=C(C)N(C=NC)CCC. The van der Waals surface area contributed by atoms with Gasteiger partial charge in [0.05, 0.1) is 6.34 Å². The third-order valence-electron chi connectivity index (χ3n) is 1.21. The second-order valence-corrected chi connectivity index (χ2v) is 2.30. The fourth-order valence-electron chi connectivity index (χ4n) is 0.727. The summed E-state index contributed by atoms with van der Waals surface area (Å²) in [5, 5.41) is 0. The number of hydrogen-bond donors (Lipinski definition) is 0. The van der Waals surface area contributed by atoms with Crippen molar-refractivity contribution in [1.29, 1.82) is 0 Å². The minimum absolute atomic E-state index is 1.01. The predicted molar refractivity (Wildman–Crippen MR) is 46.2 cm³/mol. The Hall–Kier alpha value is -0.790. The van der Waals surface area contributed by atoms with E-state index >= 15 is 0 Å². The molecule has 0 bridgehead atoms. The van der Waals surface area contributed by atoms with Crippen molar-refractivity contribution < 1.29 is 0 Å². The Kier molecular flexibility index (Phi) is 4.63. The molecule has 0 rings (SSSR count). The van der Waals surface area contributed by atoms with Crippen LogP contribution in [-0.4, -0.2) is 24.8 Å². The van der Waals surface area contributed by atoms with Gasteiger partial charge in [-0.25, -0.2) is 0 Å². The van der Waals surface area contributed by atoms with Crippen LogP contribution < -0.4 is 0 Å². The number of hydrogen-bond acceptors (Lipinski definition) is 1. The smallest absolute Gasteiger partial charge is 0.0887 e. The van der Waals surface area contributed by atoms with E-state index in [-0.39, 0.29) is 0 Å². The molecule has 2 heteroatoms. The van der Waals surface area contributed by atoms with Gasteiger partial charge < -0.3 is 4.90 Å². The summed E-state index contributed by atoms with van der Waals surface area (Å²) in [7, 11) is 1.77. The monoisotopic (exact) mass is 140 g/mol. The second kappa shape index (κ2) is 5.03. The van der Waals surface area contributed by atoms with E-state index in [9.17, 15) is 0 Å². The van der Waals surface area contributed by atoms with Gasteiger partial charge in [0.1, 0.15) is 0 Å². The molecule has 0 aliphatic rings. The lowest BCUT2D eigenvalue weighted by Gasteiger charge is -2.17. The Balaban J connectivity index is 3.85. The maximum Gasteiger partial charge on any atom is 0.0887 e. The van der Waals surface area contributed by atoms with Crippen LogP contribution in [0.3, 0.4) is 0 Å². The van der Waals surface area contributed by atoms with Crippen LogP contribution in [0.4, 0.5) is 0 Å². The van der Waals surface area contributed by atoms with E-state index in [1.54, 1.807) is 7.05 Å². The molecule has 0 aromatic carbocycles. The van der Waals surface area contributed by atoms with Crippen LogP contribution in [0.1, 0.15) is 20.3 Å². The van der Waals surface area contributed by atoms with E-state index < -0.39 is 0 Å². The highest BCUT2D eigenvalue weighted by atomic mass is 15.1. The van der Waals surface area contributed by atoms with Crippen LogP contribution in [0.25, 0.3) is 0 Å². The molecule has 0 N–H and O–H groups in total. The normalized spacial score (nSPS) is 10.3. The van der Waals surface area contributed by atoms with Gasteiger partial charge in [0, 0.05) is 19.3 Å². The van der Waals surface area contributed by atoms with Gasteiger partial charge in [-0.3, -0.25) is 4.99 Å². The molecular formula is C8H16N2. The van der Waals surface area contributed by atoms with Gasteiger partial charge in [-0.15, -0.1) is 0 Å². The third kappa shape index (κ3) is 3.28. The van der Waals surface area contributed by atoms with Gasteiger partial charge >= 0.3 is 0 Å². The summed E-state index contributed by atoms with van der Waals surface area (Å²) < 4.78 is 0. The third-order valence-corrected chi connectivity index (χ3v) is 1.21. The van der Waals surface area contributed by atoms with Gasteiger partial charge in [-0.05, 0) is 13.3 Å². The molecule has 0 atom stereocenters. The summed E-state index contributed by atoms with van der Waals surface area (Å²) in [5.41, 5.74) is 1.05. The van der Waals surface area contributed by atoms with Crippen molar-refractivity contribution in [3.8, 4) is 0 Å². The van der Waals surface area contributed by atoms with Crippen molar-refractivity contribution >= 4 is 6.34 Å². The number of aliphatic imine (C=N–C) groups is 1. The maximum atomic E-state index is 3.92. The Labute approximate surface area is 63.3 Å². The van der Waals surface area contributed by atoms with E-state index in [0.717, 1.165) is 18.7 Å². The minimum atomic E-state index is 1.01. The maximum absolute atomic E-state index is 3.92. The summed E-state index contributed by atoms with van der Waals surface area (Å²) in [5.74, 6) is 0. The van der Waals surface area contributed by atoms with Crippen LogP contribution >= 0.6 is 0 Å². The van der Waals surface area contributed by atoms with Crippen molar-refractivity contribution in [2.75, 3.05) is 13.6 Å². The van der Waals surface area contributed by atoms with Gasteiger partial charge in [-0.1, -0.05) is 13.5 Å². The van der Waals surface area contributed by atoms with Crippen molar-refractivity contribution in [3.05, 3.63) is 12.3 Å². The molecule has 0 aromatic rings.